The van der Waals surface area contributed by atoms with Crippen LogP contribution in [0.5, 0.6) is 0 Å². The summed E-state index contributed by atoms with van der Waals surface area (Å²) in [5.41, 5.74) is -0.953. The summed E-state index contributed by atoms with van der Waals surface area (Å²) in [6.45, 7) is 3.85. The van der Waals surface area contributed by atoms with Crippen LogP contribution in [0, 0.1) is 11.3 Å². The smallest absolute Gasteiger partial charge is 0.306 e. The highest BCUT2D eigenvalue weighted by atomic mass is 16.5. The van der Waals surface area contributed by atoms with E-state index in [0.29, 0.717) is 19.4 Å². The molecule has 0 amide bonds. The fourth-order valence-corrected chi connectivity index (χ4v) is 2.49. The molecule has 1 saturated carbocycles. The van der Waals surface area contributed by atoms with Crippen LogP contribution in [0.3, 0.4) is 0 Å². The maximum absolute atomic E-state index is 11.9. The lowest BCUT2D eigenvalue weighted by molar-refractivity contribution is -0.148. The highest BCUT2D eigenvalue weighted by Gasteiger charge is 2.44. The highest BCUT2D eigenvalue weighted by Crippen LogP contribution is 2.39. The summed E-state index contributed by atoms with van der Waals surface area (Å²) >= 11 is 0. The molecule has 4 heteroatoms. The quantitative estimate of drug-likeness (QED) is 0.418. The van der Waals surface area contributed by atoms with Crippen LogP contribution in [0.25, 0.3) is 0 Å². The van der Waals surface area contributed by atoms with Crippen molar-refractivity contribution in [2.45, 2.75) is 46.0 Å². The van der Waals surface area contributed by atoms with Crippen LogP contribution < -0.4 is 0 Å². The Morgan fingerprint density at radius 3 is 2.76 bits per heavy atom. The van der Waals surface area contributed by atoms with Crippen molar-refractivity contribution in [1.82, 2.24) is 0 Å². The Kier molecular flexibility index (Phi) is 4.85. The molecule has 1 fully saturated rings. The van der Waals surface area contributed by atoms with Crippen molar-refractivity contribution in [2.75, 3.05) is 6.61 Å². The fourth-order valence-electron chi connectivity index (χ4n) is 2.49. The van der Waals surface area contributed by atoms with Gasteiger partial charge < -0.3 is 9.53 Å². The van der Waals surface area contributed by atoms with Crippen LogP contribution in [0.4, 0.5) is 0 Å². The molecule has 1 aliphatic rings. The summed E-state index contributed by atoms with van der Waals surface area (Å²) in [6, 6.07) is 0. The number of aldehydes is 1. The van der Waals surface area contributed by atoms with Gasteiger partial charge in [0.1, 0.15) is 12.1 Å². The number of ether oxygens (including phenoxy) is 1. The number of ketones is 1. The van der Waals surface area contributed by atoms with E-state index in [2.05, 4.69) is 0 Å². The zero-order valence-electron chi connectivity index (χ0n) is 10.5. The van der Waals surface area contributed by atoms with E-state index in [4.69, 9.17) is 4.74 Å². The van der Waals surface area contributed by atoms with Crippen molar-refractivity contribution in [3.05, 3.63) is 0 Å². The van der Waals surface area contributed by atoms with Crippen LogP contribution in [-0.4, -0.2) is 24.6 Å². The van der Waals surface area contributed by atoms with Gasteiger partial charge in [0.2, 0.25) is 0 Å². The second kappa shape index (κ2) is 5.94. The molecule has 17 heavy (non-hydrogen) atoms. The van der Waals surface area contributed by atoms with E-state index in [1.807, 2.05) is 0 Å². The first-order valence-corrected chi connectivity index (χ1v) is 6.22. The molecule has 0 aromatic heterocycles. The Morgan fingerprint density at radius 2 is 2.24 bits per heavy atom. The van der Waals surface area contributed by atoms with Crippen molar-refractivity contribution >= 4 is 18.0 Å². The van der Waals surface area contributed by atoms with Gasteiger partial charge in [-0.15, -0.1) is 0 Å². The predicted octanol–water partition coefficient (Wildman–Crippen LogP) is 1.90. The van der Waals surface area contributed by atoms with E-state index in [9.17, 15) is 14.4 Å². The summed E-state index contributed by atoms with van der Waals surface area (Å²) in [5.74, 6) is -0.623. The summed E-state index contributed by atoms with van der Waals surface area (Å²) in [6.07, 6.45) is 3.62. The summed E-state index contributed by atoms with van der Waals surface area (Å²) in [4.78, 5) is 34.7. The second-order valence-electron chi connectivity index (χ2n) is 4.70. The molecule has 4 nitrogen and oxygen atoms in total. The SMILES string of the molecule is CCOC(=O)C[C@H](C)[C@]1(C=O)CCCCC1=O. The normalized spacial score (nSPS) is 26.4. The number of esters is 1. The first-order valence-electron chi connectivity index (χ1n) is 6.22. The molecule has 96 valence electrons. The average Bonchev–Trinajstić information content (AvgIpc) is 2.30. The minimum absolute atomic E-state index is 0.0180. The van der Waals surface area contributed by atoms with Gasteiger partial charge >= 0.3 is 5.97 Å². The lowest BCUT2D eigenvalue weighted by Gasteiger charge is -2.35. The number of Topliss-reactive ketones (excluding diaryl/α,β-unsaturated/α-hetero) is 1. The van der Waals surface area contributed by atoms with E-state index < -0.39 is 5.41 Å². The topological polar surface area (TPSA) is 60.4 Å². The molecule has 2 atom stereocenters. The van der Waals surface area contributed by atoms with Gasteiger partial charge in [-0.05, 0) is 25.7 Å². The van der Waals surface area contributed by atoms with E-state index in [-0.39, 0.29) is 24.1 Å². The lowest BCUT2D eigenvalue weighted by atomic mass is 9.65. The van der Waals surface area contributed by atoms with Crippen molar-refractivity contribution in [3.8, 4) is 0 Å². The van der Waals surface area contributed by atoms with Crippen LogP contribution in [-0.2, 0) is 19.1 Å². The van der Waals surface area contributed by atoms with Gasteiger partial charge in [0, 0.05) is 12.8 Å². The predicted molar refractivity (Wildman–Crippen MR) is 62.4 cm³/mol. The van der Waals surface area contributed by atoms with E-state index in [0.717, 1.165) is 19.1 Å². The van der Waals surface area contributed by atoms with E-state index in [1.165, 1.54) is 0 Å². The number of rotatable bonds is 5. The molecule has 1 aliphatic carbocycles. The van der Waals surface area contributed by atoms with Crippen molar-refractivity contribution in [1.29, 1.82) is 0 Å². The van der Waals surface area contributed by atoms with Gasteiger partial charge in [-0.3, -0.25) is 9.59 Å². The Bertz CT molecular complexity index is 311. The minimum atomic E-state index is -0.953. The minimum Gasteiger partial charge on any atom is -0.466 e. The van der Waals surface area contributed by atoms with Gasteiger partial charge in [-0.1, -0.05) is 13.3 Å². The molecule has 0 spiro atoms. The molecule has 1 rings (SSSR count). The zero-order valence-corrected chi connectivity index (χ0v) is 10.5. The molecule has 0 heterocycles. The molecule has 0 aromatic rings. The molecule has 0 aliphatic heterocycles. The average molecular weight is 240 g/mol. The Hall–Kier alpha value is -1.19. The summed E-state index contributed by atoms with van der Waals surface area (Å²) in [7, 11) is 0. The molecular formula is C13H20O4. The third kappa shape index (κ3) is 2.93. The van der Waals surface area contributed by atoms with Gasteiger partial charge in [0.05, 0.1) is 12.0 Å². The maximum atomic E-state index is 11.9. The van der Waals surface area contributed by atoms with Crippen molar-refractivity contribution < 1.29 is 19.1 Å². The van der Waals surface area contributed by atoms with E-state index in [1.54, 1.807) is 13.8 Å². The molecule has 0 saturated heterocycles. The Labute approximate surface area is 102 Å². The lowest BCUT2D eigenvalue weighted by Crippen LogP contribution is -2.42. The van der Waals surface area contributed by atoms with Crippen LogP contribution >= 0.6 is 0 Å². The summed E-state index contributed by atoms with van der Waals surface area (Å²) in [5, 5.41) is 0. The van der Waals surface area contributed by atoms with Crippen molar-refractivity contribution in [2.24, 2.45) is 11.3 Å². The third-order valence-corrected chi connectivity index (χ3v) is 3.63. The standard InChI is InChI=1S/C13H20O4/c1-3-17-12(16)8-10(2)13(9-14)7-5-4-6-11(13)15/h9-10H,3-8H2,1-2H3/t10-,13+/m0/s1. The molecule has 0 bridgehead atoms. The third-order valence-electron chi connectivity index (χ3n) is 3.63. The van der Waals surface area contributed by atoms with Gasteiger partial charge in [-0.2, -0.15) is 0 Å². The summed E-state index contributed by atoms with van der Waals surface area (Å²) < 4.78 is 4.86. The first kappa shape index (κ1) is 13.9. The number of carbonyl (C=O) groups excluding carboxylic acids is 3. The molecule has 0 unspecified atom stereocenters. The number of hydrogen-bond acceptors (Lipinski definition) is 4. The Balaban J connectivity index is 2.74. The highest BCUT2D eigenvalue weighted by molar-refractivity contribution is 5.99. The fraction of sp³-hybridized carbons (Fsp3) is 0.769. The van der Waals surface area contributed by atoms with Crippen LogP contribution in [0.2, 0.25) is 0 Å². The molecule has 0 radical (unpaired) electrons. The van der Waals surface area contributed by atoms with Gasteiger partial charge in [0.15, 0.2) is 0 Å². The molecule has 0 N–H and O–H groups in total. The number of carbonyl (C=O) groups is 3. The molecular weight excluding hydrogens is 220 g/mol. The number of hydrogen-bond donors (Lipinski definition) is 0. The Morgan fingerprint density at radius 1 is 1.53 bits per heavy atom. The van der Waals surface area contributed by atoms with Gasteiger partial charge in [-0.25, -0.2) is 0 Å². The monoisotopic (exact) mass is 240 g/mol. The van der Waals surface area contributed by atoms with E-state index >= 15 is 0 Å². The van der Waals surface area contributed by atoms with Crippen LogP contribution in [0.1, 0.15) is 46.0 Å². The first-order chi connectivity index (χ1) is 8.06. The maximum Gasteiger partial charge on any atom is 0.306 e. The second-order valence-corrected chi connectivity index (χ2v) is 4.70. The van der Waals surface area contributed by atoms with Gasteiger partial charge in [0.25, 0.3) is 0 Å². The van der Waals surface area contributed by atoms with Crippen molar-refractivity contribution in [3.63, 3.8) is 0 Å². The largest absolute Gasteiger partial charge is 0.466 e. The zero-order chi connectivity index (χ0) is 12.9. The molecule has 0 aromatic carbocycles. The van der Waals surface area contributed by atoms with Crippen LogP contribution in [0.15, 0.2) is 0 Å².